The number of alkyl halides is 1. The van der Waals surface area contributed by atoms with Crippen molar-refractivity contribution in [1.82, 2.24) is 0 Å². The van der Waals surface area contributed by atoms with Gasteiger partial charge in [-0.3, -0.25) is 0 Å². The van der Waals surface area contributed by atoms with Crippen molar-refractivity contribution in [1.29, 1.82) is 0 Å². The maximum absolute atomic E-state index is 6.69. The highest BCUT2D eigenvalue weighted by atomic mass is 35.5. The number of rotatable bonds is 3. The summed E-state index contributed by atoms with van der Waals surface area (Å²) in [6, 6.07) is 5.76. The molecule has 0 heterocycles. The lowest BCUT2D eigenvalue weighted by Crippen LogP contribution is -2.21. The zero-order valence-electron chi connectivity index (χ0n) is 9.98. The molecule has 0 N–H and O–H groups in total. The van der Waals surface area contributed by atoms with E-state index in [0.29, 0.717) is 10.0 Å². The standard InChI is InChI=1S/C14H17Cl3/c1-2-14(7-3-4-8-14)13(17)10-5-6-11(15)12(16)9-10/h5-6,9,13H,2-4,7-8H2,1H3. The third-order valence-electron chi connectivity index (χ3n) is 4.08. The summed E-state index contributed by atoms with van der Waals surface area (Å²) in [5.74, 6) is 0. The Balaban J connectivity index is 2.29. The minimum absolute atomic E-state index is 0.0461. The molecule has 1 aliphatic carbocycles. The van der Waals surface area contributed by atoms with E-state index >= 15 is 0 Å². The molecule has 0 amide bonds. The molecular weight excluding hydrogens is 275 g/mol. The molecule has 94 valence electrons. The van der Waals surface area contributed by atoms with E-state index in [1.165, 1.54) is 25.7 Å². The highest BCUT2D eigenvalue weighted by Crippen LogP contribution is 2.53. The average molecular weight is 292 g/mol. The van der Waals surface area contributed by atoms with Crippen molar-refractivity contribution in [2.45, 2.75) is 44.4 Å². The Bertz CT molecular complexity index is 394. The van der Waals surface area contributed by atoms with E-state index in [4.69, 9.17) is 34.8 Å². The van der Waals surface area contributed by atoms with E-state index in [0.717, 1.165) is 12.0 Å². The first-order valence-corrected chi connectivity index (χ1v) is 7.37. The smallest absolute Gasteiger partial charge is 0.0641 e. The summed E-state index contributed by atoms with van der Waals surface area (Å²) in [7, 11) is 0. The SMILES string of the molecule is CCC1(C(Cl)c2ccc(Cl)c(Cl)c2)CCCC1. The first-order valence-electron chi connectivity index (χ1n) is 6.18. The van der Waals surface area contributed by atoms with Crippen molar-refractivity contribution in [2.24, 2.45) is 5.41 Å². The molecule has 3 heteroatoms. The van der Waals surface area contributed by atoms with Crippen LogP contribution in [-0.4, -0.2) is 0 Å². The van der Waals surface area contributed by atoms with Gasteiger partial charge < -0.3 is 0 Å². The second kappa shape index (κ2) is 5.38. The molecule has 2 rings (SSSR count). The van der Waals surface area contributed by atoms with Crippen molar-refractivity contribution in [3.63, 3.8) is 0 Å². The van der Waals surface area contributed by atoms with Crippen LogP contribution in [0.5, 0.6) is 0 Å². The molecule has 1 aromatic rings. The van der Waals surface area contributed by atoms with Crippen LogP contribution in [0.4, 0.5) is 0 Å². The maximum atomic E-state index is 6.69. The Hall–Kier alpha value is 0.0900. The van der Waals surface area contributed by atoms with Gasteiger partial charge in [0.25, 0.3) is 0 Å². The van der Waals surface area contributed by atoms with Gasteiger partial charge in [0.05, 0.1) is 15.4 Å². The van der Waals surface area contributed by atoms with Gasteiger partial charge in [0.15, 0.2) is 0 Å². The molecule has 1 saturated carbocycles. The van der Waals surface area contributed by atoms with E-state index in [1.807, 2.05) is 18.2 Å². The molecule has 0 spiro atoms. The van der Waals surface area contributed by atoms with E-state index in [2.05, 4.69) is 6.92 Å². The summed E-state index contributed by atoms with van der Waals surface area (Å²) >= 11 is 18.7. The molecule has 0 aromatic heterocycles. The number of benzene rings is 1. The van der Waals surface area contributed by atoms with Gasteiger partial charge in [-0.15, -0.1) is 11.6 Å². The van der Waals surface area contributed by atoms with E-state index in [1.54, 1.807) is 0 Å². The maximum Gasteiger partial charge on any atom is 0.0641 e. The molecule has 1 aromatic carbocycles. The third-order valence-corrected chi connectivity index (χ3v) is 5.53. The molecule has 0 radical (unpaired) electrons. The molecule has 0 nitrogen and oxygen atoms in total. The summed E-state index contributed by atoms with van der Waals surface area (Å²) in [6.07, 6.45) is 6.15. The largest absolute Gasteiger partial charge is 0.117 e. The fraction of sp³-hybridized carbons (Fsp3) is 0.571. The molecule has 17 heavy (non-hydrogen) atoms. The van der Waals surface area contributed by atoms with Gasteiger partial charge in [-0.2, -0.15) is 0 Å². The van der Waals surface area contributed by atoms with Crippen LogP contribution < -0.4 is 0 Å². The Morgan fingerprint density at radius 3 is 2.35 bits per heavy atom. The first-order chi connectivity index (χ1) is 8.09. The summed E-state index contributed by atoms with van der Waals surface area (Å²) < 4.78 is 0. The van der Waals surface area contributed by atoms with Crippen LogP contribution in [0.25, 0.3) is 0 Å². The topological polar surface area (TPSA) is 0 Å². The molecular formula is C14H17Cl3. The summed E-state index contributed by atoms with van der Waals surface area (Å²) in [6.45, 7) is 2.23. The van der Waals surface area contributed by atoms with Crippen LogP contribution in [-0.2, 0) is 0 Å². The average Bonchev–Trinajstić information content (AvgIpc) is 2.81. The highest BCUT2D eigenvalue weighted by Gasteiger charge is 2.39. The van der Waals surface area contributed by atoms with Gasteiger partial charge in [0.2, 0.25) is 0 Å². The minimum atomic E-state index is 0.0461. The van der Waals surface area contributed by atoms with Crippen molar-refractivity contribution in [3.8, 4) is 0 Å². The lowest BCUT2D eigenvalue weighted by molar-refractivity contribution is 0.271. The Kier molecular flexibility index (Phi) is 4.28. The highest BCUT2D eigenvalue weighted by molar-refractivity contribution is 6.42. The predicted molar refractivity (Wildman–Crippen MR) is 76.2 cm³/mol. The minimum Gasteiger partial charge on any atom is -0.117 e. The van der Waals surface area contributed by atoms with E-state index in [-0.39, 0.29) is 10.8 Å². The van der Waals surface area contributed by atoms with Gasteiger partial charge in [-0.1, -0.05) is 49.0 Å². The van der Waals surface area contributed by atoms with Crippen molar-refractivity contribution in [2.75, 3.05) is 0 Å². The van der Waals surface area contributed by atoms with Crippen molar-refractivity contribution in [3.05, 3.63) is 33.8 Å². The first kappa shape index (κ1) is 13.5. The second-order valence-corrected chi connectivity index (χ2v) is 6.21. The van der Waals surface area contributed by atoms with E-state index in [9.17, 15) is 0 Å². The normalized spacial score (nSPS) is 20.5. The summed E-state index contributed by atoms with van der Waals surface area (Å²) in [4.78, 5) is 0. The molecule has 1 unspecified atom stereocenters. The van der Waals surface area contributed by atoms with Crippen LogP contribution in [0.2, 0.25) is 10.0 Å². The van der Waals surface area contributed by atoms with Gasteiger partial charge in [0, 0.05) is 0 Å². The summed E-state index contributed by atoms with van der Waals surface area (Å²) in [5, 5.41) is 1.24. The van der Waals surface area contributed by atoms with Crippen LogP contribution in [0.1, 0.15) is 50.0 Å². The van der Waals surface area contributed by atoms with Crippen molar-refractivity contribution >= 4 is 34.8 Å². The van der Waals surface area contributed by atoms with Gasteiger partial charge in [-0.25, -0.2) is 0 Å². The molecule has 0 aliphatic heterocycles. The predicted octanol–water partition coefficient (Wildman–Crippen LogP) is 6.24. The Morgan fingerprint density at radius 2 is 1.82 bits per heavy atom. The summed E-state index contributed by atoms with van der Waals surface area (Å²) in [5.41, 5.74) is 1.35. The lowest BCUT2D eigenvalue weighted by Gasteiger charge is -2.33. The lowest BCUT2D eigenvalue weighted by atomic mass is 9.77. The van der Waals surface area contributed by atoms with Gasteiger partial charge in [-0.05, 0) is 42.4 Å². The fourth-order valence-electron chi connectivity index (χ4n) is 2.89. The van der Waals surface area contributed by atoms with Crippen LogP contribution >= 0.6 is 34.8 Å². The van der Waals surface area contributed by atoms with Crippen LogP contribution in [0.15, 0.2) is 18.2 Å². The van der Waals surface area contributed by atoms with Gasteiger partial charge in [0.1, 0.15) is 0 Å². The Morgan fingerprint density at radius 1 is 1.18 bits per heavy atom. The number of hydrogen-bond donors (Lipinski definition) is 0. The second-order valence-electron chi connectivity index (χ2n) is 4.96. The third kappa shape index (κ3) is 2.59. The molecule has 1 atom stereocenters. The zero-order valence-corrected chi connectivity index (χ0v) is 12.2. The van der Waals surface area contributed by atoms with Crippen LogP contribution in [0, 0.1) is 5.41 Å². The molecule has 1 fully saturated rings. The van der Waals surface area contributed by atoms with E-state index < -0.39 is 0 Å². The number of hydrogen-bond acceptors (Lipinski definition) is 0. The van der Waals surface area contributed by atoms with Gasteiger partial charge >= 0.3 is 0 Å². The quantitative estimate of drug-likeness (QED) is 0.578. The van der Waals surface area contributed by atoms with Crippen molar-refractivity contribution < 1.29 is 0 Å². The fourth-order valence-corrected chi connectivity index (χ4v) is 3.70. The molecule has 1 aliphatic rings. The molecule has 0 bridgehead atoms. The monoisotopic (exact) mass is 290 g/mol. The van der Waals surface area contributed by atoms with Crippen LogP contribution in [0.3, 0.4) is 0 Å². The number of halogens is 3. The Labute approximate surface area is 118 Å². The zero-order chi connectivity index (χ0) is 12.5. The molecule has 0 saturated heterocycles.